The highest BCUT2D eigenvalue weighted by molar-refractivity contribution is 7.99. The topological polar surface area (TPSA) is 36.4 Å². The lowest BCUT2D eigenvalue weighted by atomic mass is 10.0. The first-order valence-corrected chi connectivity index (χ1v) is 10.7. The highest BCUT2D eigenvalue weighted by atomic mass is 32.2. The first-order valence-electron chi connectivity index (χ1n) is 9.50. The molecule has 136 valence electrons. The van der Waals surface area contributed by atoms with Crippen molar-refractivity contribution in [2.45, 2.75) is 19.3 Å². The Bertz CT molecular complexity index is 733. The lowest BCUT2D eigenvalue weighted by molar-refractivity contribution is 0.0724. The molecule has 26 heavy (non-hydrogen) atoms. The molecule has 0 N–H and O–H groups in total. The van der Waals surface area contributed by atoms with Crippen molar-refractivity contribution in [1.82, 2.24) is 9.88 Å². The van der Waals surface area contributed by atoms with Crippen molar-refractivity contribution in [2.24, 2.45) is 0 Å². The van der Waals surface area contributed by atoms with Crippen molar-refractivity contribution < 1.29 is 4.79 Å². The molecule has 4 nitrogen and oxygen atoms in total. The molecule has 2 aliphatic heterocycles. The number of likely N-dealkylation sites (tertiary alicyclic amines) is 1. The smallest absolute Gasteiger partial charge is 0.253 e. The summed E-state index contributed by atoms with van der Waals surface area (Å²) in [4.78, 5) is 21.6. The van der Waals surface area contributed by atoms with Crippen molar-refractivity contribution >= 4 is 23.5 Å². The lowest BCUT2D eigenvalue weighted by Gasteiger charge is -2.27. The van der Waals surface area contributed by atoms with Gasteiger partial charge in [0.15, 0.2) is 0 Å². The molecule has 2 aliphatic rings. The minimum atomic E-state index is 0.160. The van der Waals surface area contributed by atoms with Gasteiger partial charge in [0, 0.05) is 55.0 Å². The van der Waals surface area contributed by atoms with E-state index in [0.29, 0.717) is 0 Å². The quantitative estimate of drug-likeness (QED) is 0.824. The number of aromatic nitrogens is 1. The third-order valence-corrected chi connectivity index (χ3v) is 6.13. The molecule has 1 amide bonds. The zero-order valence-electron chi connectivity index (χ0n) is 15.1. The van der Waals surface area contributed by atoms with Gasteiger partial charge >= 0.3 is 0 Å². The Labute approximate surface area is 159 Å². The average molecular weight is 368 g/mol. The van der Waals surface area contributed by atoms with Gasteiger partial charge in [0.05, 0.1) is 0 Å². The maximum absolute atomic E-state index is 12.6. The molecule has 2 saturated heterocycles. The fraction of sp³-hybridized carbons (Fsp3) is 0.429. The monoisotopic (exact) mass is 367 g/mol. The second-order valence-corrected chi connectivity index (χ2v) is 8.16. The Balaban J connectivity index is 1.45. The fourth-order valence-corrected chi connectivity index (χ4v) is 4.52. The molecule has 1 aromatic carbocycles. The van der Waals surface area contributed by atoms with Gasteiger partial charge in [-0.3, -0.25) is 4.79 Å². The van der Waals surface area contributed by atoms with Crippen LogP contribution in [0.2, 0.25) is 0 Å². The first kappa shape index (κ1) is 17.4. The summed E-state index contributed by atoms with van der Waals surface area (Å²) in [6.07, 6.45) is 5.43. The maximum Gasteiger partial charge on any atom is 0.253 e. The van der Waals surface area contributed by atoms with Crippen molar-refractivity contribution in [2.75, 3.05) is 42.6 Å². The van der Waals surface area contributed by atoms with E-state index in [2.05, 4.69) is 22.0 Å². The number of pyridine rings is 1. The number of benzene rings is 1. The van der Waals surface area contributed by atoms with Crippen molar-refractivity contribution in [3.8, 4) is 11.1 Å². The Morgan fingerprint density at radius 2 is 1.54 bits per heavy atom. The number of carbonyl (C=O) groups is 1. The molecule has 5 heteroatoms. The third kappa shape index (κ3) is 3.88. The van der Waals surface area contributed by atoms with Crippen LogP contribution in [0, 0.1) is 0 Å². The van der Waals surface area contributed by atoms with Crippen molar-refractivity contribution in [3.05, 3.63) is 48.2 Å². The second kappa shape index (κ2) is 8.12. The third-order valence-electron chi connectivity index (χ3n) is 5.19. The van der Waals surface area contributed by atoms with Gasteiger partial charge < -0.3 is 9.80 Å². The molecular weight excluding hydrogens is 342 g/mol. The van der Waals surface area contributed by atoms with E-state index in [9.17, 15) is 4.79 Å². The largest absolute Gasteiger partial charge is 0.355 e. The highest BCUT2D eigenvalue weighted by Crippen LogP contribution is 2.23. The van der Waals surface area contributed by atoms with Gasteiger partial charge in [0.2, 0.25) is 0 Å². The molecule has 3 heterocycles. The molecular formula is C21H25N3OS. The van der Waals surface area contributed by atoms with E-state index in [1.165, 1.54) is 17.9 Å². The molecule has 0 atom stereocenters. The Morgan fingerprint density at radius 3 is 2.19 bits per heavy atom. The number of carbonyl (C=O) groups excluding carboxylic acids is 1. The molecule has 0 radical (unpaired) electrons. The van der Waals surface area contributed by atoms with Crippen LogP contribution in [-0.2, 0) is 0 Å². The maximum atomic E-state index is 12.6. The highest BCUT2D eigenvalue weighted by Gasteiger charge is 2.18. The van der Waals surface area contributed by atoms with Crippen molar-refractivity contribution in [1.29, 1.82) is 0 Å². The van der Waals surface area contributed by atoms with Crippen LogP contribution in [0.15, 0.2) is 42.6 Å². The van der Waals surface area contributed by atoms with Crippen LogP contribution < -0.4 is 4.90 Å². The lowest BCUT2D eigenvalue weighted by Crippen LogP contribution is -2.35. The van der Waals surface area contributed by atoms with Crippen LogP contribution in [0.25, 0.3) is 11.1 Å². The van der Waals surface area contributed by atoms with Gasteiger partial charge in [-0.2, -0.15) is 11.8 Å². The van der Waals surface area contributed by atoms with Gasteiger partial charge in [-0.15, -0.1) is 0 Å². The molecule has 0 bridgehead atoms. The second-order valence-electron chi connectivity index (χ2n) is 6.93. The normalized spacial score (nSPS) is 18.0. The molecule has 0 spiro atoms. The summed E-state index contributed by atoms with van der Waals surface area (Å²) in [6.45, 7) is 3.93. The van der Waals surface area contributed by atoms with Crippen LogP contribution in [-0.4, -0.2) is 53.5 Å². The number of nitrogens with zero attached hydrogens (tertiary/aromatic N) is 3. The van der Waals surface area contributed by atoms with Crippen LogP contribution in [0.1, 0.15) is 29.6 Å². The number of rotatable bonds is 3. The Morgan fingerprint density at radius 1 is 0.846 bits per heavy atom. The number of hydrogen-bond acceptors (Lipinski definition) is 4. The fourth-order valence-electron chi connectivity index (χ4n) is 3.62. The Hall–Kier alpha value is -2.01. The average Bonchev–Trinajstić information content (AvgIpc) is 2.75. The Kier molecular flexibility index (Phi) is 5.44. The van der Waals surface area contributed by atoms with Crippen LogP contribution in [0.5, 0.6) is 0 Å². The molecule has 2 fully saturated rings. The van der Waals surface area contributed by atoms with Crippen LogP contribution in [0.4, 0.5) is 5.82 Å². The predicted octanol–water partition coefficient (Wildman–Crippen LogP) is 3.93. The molecule has 4 rings (SSSR count). The molecule has 2 aromatic rings. The van der Waals surface area contributed by atoms with E-state index in [1.807, 2.05) is 47.1 Å². The summed E-state index contributed by atoms with van der Waals surface area (Å²) in [7, 11) is 0. The molecule has 1 aromatic heterocycles. The van der Waals surface area contributed by atoms with Gasteiger partial charge in [0.25, 0.3) is 5.91 Å². The summed E-state index contributed by atoms with van der Waals surface area (Å²) >= 11 is 2.01. The zero-order valence-corrected chi connectivity index (χ0v) is 15.9. The van der Waals surface area contributed by atoms with Crippen molar-refractivity contribution in [3.63, 3.8) is 0 Å². The van der Waals surface area contributed by atoms with Gasteiger partial charge in [-0.25, -0.2) is 4.98 Å². The van der Waals surface area contributed by atoms with Gasteiger partial charge in [-0.05, 0) is 49.1 Å². The standard InChI is InChI=1S/C21H25N3OS/c25-21(24-10-2-1-3-11-24)18-6-4-17(5-7-18)19-8-9-20(22-16-19)23-12-14-26-15-13-23/h4-9,16H,1-3,10-15H2. The van der Waals surface area contributed by atoms with Crippen LogP contribution >= 0.6 is 11.8 Å². The summed E-state index contributed by atoms with van der Waals surface area (Å²) in [5, 5.41) is 0. The van der Waals surface area contributed by atoms with E-state index < -0.39 is 0 Å². The SMILES string of the molecule is O=C(c1ccc(-c2ccc(N3CCSCC3)nc2)cc1)N1CCCCC1. The van der Waals surface area contributed by atoms with E-state index in [-0.39, 0.29) is 5.91 Å². The number of amides is 1. The van der Waals surface area contributed by atoms with Crippen LogP contribution in [0.3, 0.4) is 0 Å². The minimum absolute atomic E-state index is 0.160. The van der Waals surface area contributed by atoms with E-state index >= 15 is 0 Å². The summed E-state index contributed by atoms with van der Waals surface area (Å²) in [6, 6.07) is 12.2. The summed E-state index contributed by atoms with van der Waals surface area (Å²) in [5.74, 6) is 3.57. The molecule has 0 saturated carbocycles. The number of anilines is 1. The minimum Gasteiger partial charge on any atom is -0.355 e. The molecule has 0 aliphatic carbocycles. The zero-order chi connectivity index (χ0) is 17.8. The summed E-state index contributed by atoms with van der Waals surface area (Å²) < 4.78 is 0. The van der Waals surface area contributed by atoms with E-state index in [4.69, 9.17) is 0 Å². The number of hydrogen-bond donors (Lipinski definition) is 0. The first-order chi connectivity index (χ1) is 12.8. The number of piperidine rings is 1. The van der Waals surface area contributed by atoms with E-state index in [0.717, 1.165) is 61.5 Å². The predicted molar refractivity (Wildman–Crippen MR) is 109 cm³/mol. The summed E-state index contributed by atoms with van der Waals surface area (Å²) in [5.41, 5.74) is 2.98. The van der Waals surface area contributed by atoms with E-state index in [1.54, 1.807) is 0 Å². The number of thioether (sulfide) groups is 1. The van der Waals surface area contributed by atoms with Gasteiger partial charge in [-0.1, -0.05) is 12.1 Å². The van der Waals surface area contributed by atoms with Gasteiger partial charge in [0.1, 0.15) is 5.82 Å². The molecule has 0 unspecified atom stereocenters.